The molecule has 1 heterocycles. The molecule has 13 heavy (non-hydrogen) atoms. The van der Waals surface area contributed by atoms with Gasteiger partial charge >= 0.3 is 5.97 Å². The van der Waals surface area contributed by atoms with Gasteiger partial charge in [0.25, 0.3) is 0 Å². The fraction of sp³-hybridized carbons (Fsp3) is 0.125. The molecule has 1 N–H and O–H groups in total. The van der Waals surface area contributed by atoms with Crippen molar-refractivity contribution in [1.82, 2.24) is 4.98 Å². The summed E-state index contributed by atoms with van der Waals surface area (Å²) in [4.78, 5) is 14.1. The van der Waals surface area contributed by atoms with Crippen LogP contribution in [0.3, 0.4) is 0 Å². The van der Waals surface area contributed by atoms with Crippen molar-refractivity contribution in [2.45, 2.75) is 6.42 Å². The lowest BCUT2D eigenvalue weighted by Gasteiger charge is -1.98. The predicted octanol–water partition coefficient (Wildman–Crippen LogP) is 1.50. The van der Waals surface area contributed by atoms with Crippen molar-refractivity contribution in [3.05, 3.63) is 28.5 Å². The topological polar surface area (TPSA) is 74.0 Å². The minimum atomic E-state index is -1.15. The smallest absolute Gasteiger partial charge is 0.354 e. The first-order valence-corrected chi connectivity index (χ1v) is 3.78. The fourth-order valence-corrected chi connectivity index (χ4v) is 1.08. The minimum absolute atomic E-state index is 0.0881. The van der Waals surface area contributed by atoms with Crippen LogP contribution in [-0.4, -0.2) is 16.1 Å². The number of halogens is 1. The number of carboxylic acid groups (broad SMARTS) is 1. The van der Waals surface area contributed by atoms with Crippen molar-refractivity contribution in [3.63, 3.8) is 0 Å². The van der Waals surface area contributed by atoms with Crippen LogP contribution >= 0.6 is 11.6 Å². The Kier molecular flexibility index (Phi) is 2.83. The molecule has 0 saturated carbocycles. The number of nitriles is 1. The van der Waals surface area contributed by atoms with E-state index in [0.29, 0.717) is 5.56 Å². The standard InChI is InChI=1S/C8H5ClN2O2/c9-7-4-5(1-2-10)3-6(11-7)8(12)13/h3-4H,1H2,(H,12,13). The normalized spacial score (nSPS) is 9.23. The first-order valence-electron chi connectivity index (χ1n) is 3.40. The van der Waals surface area contributed by atoms with Crippen LogP contribution in [0.15, 0.2) is 12.1 Å². The average Bonchev–Trinajstić information content (AvgIpc) is 2.03. The number of carbonyl (C=O) groups is 1. The number of hydrogen-bond donors (Lipinski definition) is 1. The molecule has 0 aromatic carbocycles. The van der Waals surface area contributed by atoms with E-state index in [1.54, 1.807) is 0 Å². The molecule has 0 fully saturated rings. The molecular weight excluding hydrogens is 192 g/mol. The molecule has 0 aliphatic carbocycles. The van der Waals surface area contributed by atoms with Gasteiger partial charge < -0.3 is 5.11 Å². The van der Waals surface area contributed by atoms with E-state index in [0.717, 1.165) is 0 Å². The van der Waals surface area contributed by atoms with Crippen LogP contribution in [0.2, 0.25) is 5.15 Å². The van der Waals surface area contributed by atoms with Crippen LogP contribution in [0.5, 0.6) is 0 Å². The molecule has 0 aliphatic heterocycles. The van der Waals surface area contributed by atoms with Gasteiger partial charge in [-0.1, -0.05) is 11.6 Å². The third-order valence-electron chi connectivity index (χ3n) is 1.36. The van der Waals surface area contributed by atoms with Gasteiger partial charge in [-0.25, -0.2) is 9.78 Å². The number of rotatable bonds is 2. The van der Waals surface area contributed by atoms with E-state index in [2.05, 4.69) is 4.98 Å². The molecule has 1 rings (SSSR count). The summed E-state index contributed by atoms with van der Waals surface area (Å²) >= 11 is 5.55. The molecule has 4 nitrogen and oxygen atoms in total. The average molecular weight is 197 g/mol. The second-order valence-corrected chi connectivity index (χ2v) is 2.71. The number of pyridine rings is 1. The number of carboxylic acids is 1. The molecule has 66 valence electrons. The van der Waals surface area contributed by atoms with Crippen LogP contribution < -0.4 is 0 Å². The molecule has 0 radical (unpaired) electrons. The Morgan fingerprint density at radius 3 is 2.92 bits per heavy atom. The van der Waals surface area contributed by atoms with E-state index in [1.165, 1.54) is 12.1 Å². The van der Waals surface area contributed by atoms with Crippen LogP contribution in [0, 0.1) is 11.3 Å². The number of hydrogen-bond acceptors (Lipinski definition) is 3. The summed E-state index contributed by atoms with van der Waals surface area (Å²) < 4.78 is 0. The van der Waals surface area contributed by atoms with Crippen LogP contribution in [-0.2, 0) is 6.42 Å². The van der Waals surface area contributed by atoms with Gasteiger partial charge in [-0.15, -0.1) is 0 Å². The van der Waals surface area contributed by atoms with Crippen molar-refractivity contribution >= 4 is 17.6 Å². The maximum absolute atomic E-state index is 10.5. The Bertz CT molecular complexity index is 384. The van der Waals surface area contributed by atoms with E-state index in [9.17, 15) is 4.79 Å². The largest absolute Gasteiger partial charge is 0.477 e. The third kappa shape index (κ3) is 2.42. The molecule has 0 amide bonds. The molecule has 1 aromatic heterocycles. The molecule has 1 aromatic rings. The van der Waals surface area contributed by atoms with E-state index < -0.39 is 5.97 Å². The highest BCUT2D eigenvalue weighted by Gasteiger charge is 2.07. The third-order valence-corrected chi connectivity index (χ3v) is 1.55. The maximum Gasteiger partial charge on any atom is 0.354 e. The Balaban J connectivity index is 3.12. The number of nitrogens with zero attached hydrogens (tertiary/aromatic N) is 2. The van der Waals surface area contributed by atoms with Crippen LogP contribution in [0.25, 0.3) is 0 Å². The Morgan fingerprint density at radius 1 is 1.69 bits per heavy atom. The van der Waals surface area contributed by atoms with Gasteiger partial charge in [-0.2, -0.15) is 5.26 Å². The fourth-order valence-electron chi connectivity index (χ4n) is 0.853. The lowest BCUT2D eigenvalue weighted by Crippen LogP contribution is -2.01. The molecule has 0 bridgehead atoms. The lowest BCUT2D eigenvalue weighted by molar-refractivity contribution is 0.0690. The van der Waals surface area contributed by atoms with Crippen molar-refractivity contribution in [2.24, 2.45) is 0 Å². The van der Waals surface area contributed by atoms with Crippen molar-refractivity contribution in [3.8, 4) is 6.07 Å². The van der Waals surface area contributed by atoms with Crippen molar-refractivity contribution in [2.75, 3.05) is 0 Å². The van der Waals surface area contributed by atoms with Crippen LogP contribution in [0.4, 0.5) is 0 Å². The van der Waals surface area contributed by atoms with E-state index in [-0.39, 0.29) is 17.3 Å². The Hall–Kier alpha value is -1.60. The van der Waals surface area contributed by atoms with Gasteiger partial charge in [0.1, 0.15) is 10.8 Å². The predicted molar refractivity (Wildman–Crippen MR) is 45.5 cm³/mol. The molecular formula is C8H5ClN2O2. The maximum atomic E-state index is 10.5. The van der Waals surface area contributed by atoms with E-state index in [1.807, 2.05) is 6.07 Å². The molecule has 0 saturated heterocycles. The van der Waals surface area contributed by atoms with Gasteiger partial charge in [0.05, 0.1) is 12.5 Å². The highest BCUT2D eigenvalue weighted by molar-refractivity contribution is 6.29. The monoisotopic (exact) mass is 196 g/mol. The molecule has 5 heteroatoms. The highest BCUT2D eigenvalue weighted by atomic mass is 35.5. The summed E-state index contributed by atoms with van der Waals surface area (Å²) in [6.45, 7) is 0. The van der Waals surface area contributed by atoms with Crippen molar-refractivity contribution in [1.29, 1.82) is 5.26 Å². The Labute approximate surface area is 79.4 Å². The summed E-state index contributed by atoms with van der Waals surface area (Å²) in [5.41, 5.74) is 0.414. The molecule has 0 spiro atoms. The van der Waals surface area contributed by atoms with Gasteiger partial charge in [-0.05, 0) is 17.7 Å². The zero-order valence-electron chi connectivity index (χ0n) is 6.49. The summed E-state index contributed by atoms with van der Waals surface area (Å²) in [7, 11) is 0. The second kappa shape index (κ2) is 3.87. The molecule has 0 unspecified atom stereocenters. The Morgan fingerprint density at radius 2 is 2.38 bits per heavy atom. The SMILES string of the molecule is N#CCc1cc(Cl)nc(C(=O)O)c1. The van der Waals surface area contributed by atoms with E-state index >= 15 is 0 Å². The summed E-state index contributed by atoms with van der Waals surface area (Å²) in [6.07, 6.45) is 0.127. The minimum Gasteiger partial charge on any atom is -0.477 e. The number of aromatic nitrogens is 1. The highest BCUT2D eigenvalue weighted by Crippen LogP contribution is 2.11. The van der Waals surface area contributed by atoms with Crippen LogP contribution in [0.1, 0.15) is 16.1 Å². The molecule has 0 aliphatic rings. The van der Waals surface area contributed by atoms with Gasteiger partial charge in [0.15, 0.2) is 0 Å². The summed E-state index contributed by atoms with van der Waals surface area (Å²) in [5, 5.41) is 17.1. The summed E-state index contributed by atoms with van der Waals surface area (Å²) in [6, 6.07) is 4.70. The van der Waals surface area contributed by atoms with Gasteiger partial charge in [0, 0.05) is 0 Å². The summed E-state index contributed by atoms with van der Waals surface area (Å²) in [5.74, 6) is -1.15. The second-order valence-electron chi connectivity index (χ2n) is 2.32. The van der Waals surface area contributed by atoms with Gasteiger partial charge in [0.2, 0.25) is 0 Å². The first-order chi connectivity index (χ1) is 6.13. The van der Waals surface area contributed by atoms with Gasteiger partial charge in [-0.3, -0.25) is 0 Å². The zero-order valence-corrected chi connectivity index (χ0v) is 7.25. The van der Waals surface area contributed by atoms with Crippen molar-refractivity contribution < 1.29 is 9.90 Å². The lowest BCUT2D eigenvalue weighted by atomic mass is 10.2. The number of aromatic carboxylic acids is 1. The molecule has 0 atom stereocenters. The zero-order chi connectivity index (χ0) is 9.84. The van der Waals surface area contributed by atoms with E-state index in [4.69, 9.17) is 22.0 Å². The first kappa shape index (κ1) is 9.49. The quantitative estimate of drug-likeness (QED) is 0.728.